The number of fused-ring (bicyclic) bond motifs is 1. The second kappa shape index (κ2) is 8.45. The van der Waals surface area contributed by atoms with Crippen molar-refractivity contribution < 1.29 is 14.3 Å². The molecule has 3 nitrogen and oxygen atoms in total. The molecule has 0 spiro atoms. The quantitative estimate of drug-likeness (QED) is 0.283. The normalized spacial score (nSPS) is 22.2. The predicted octanol–water partition coefficient (Wildman–Crippen LogP) is 7.33. The fourth-order valence-electron chi connectivity index (χ4n) is 4.56. The van der Waals surface area contributed by atoms with Gasteiger partial charge in [-0.15, -0.1) is 0 Å². The Morgan fingerprint density at radius 2 is 2.03 bits per heavy atom. The van der Waals surface area contributed by atoms with Crippen molar-refractivity contribution in [2.24, 2.45) is 5.92 Å². The van der Waals surface area contributed by atoms with E-state index in [0.29, 0.717) is 5.92 Å². The maximum atomic E-state index is 10.8. The molecule has 2 atom stereocenters. The van der Waals surface area contributed by atoms with Crippen LogP contribution in [0.3, 0.4) is 0 Å². The van der Waals surface area contributed by atoms with Crippen LogP contribution in [0.4, 0.5) is 0 Å². The van der Waals surface area contributed by atoms with Crippen LogP contribution in [0.1, 0.15) is 84.1 Å². The molecule has 0 bridgehead atoms. The van der Waals surface area contributed by atoms with Crippen molar-refractivity contribution >= 4 is 16.9 Å². The summed E-state index contributed by atoms with van der Waals surface area (Å²) in [7, 11) is 0. The summed E-state index contributed by atoms with van der Waals surface area (Å²) >= 11 is 0. The largest absolute Gasteiger partial charge is 0.478 e. The lowest BCUT2D eigenvalue weighted by Gasteiger charge is -2.20. The first-order chi connectivity index (χ1) is 14.1. The number of carboxylic acid groups (broad SMARTS) is 1. The van der Waals surface area contributed by atoms with Gasteiger partial charge in [-0.1, -0.05) is 65.7 Å². The van der Waals surface area contributed by atoms with Gasteiger partial charge >= 0.3 is 5.97 Å². The minimum absolute atomic E-state index is 0.0356. The van der Waals surface area contributed by atoms with Gasteiger partial charge in [-0.3, -0.25) is 0 Å². The van der Waals surface area contributed by atoms with Crippen LogP contribution in [0.25, 0.3) is 11.0 Å². The first-order valence-electron chi connectivity index (χ1n) is 11.2. The summed E-state index contributed by atoms with van der Waals surface area (Å²) in [5, 5.41) is 10.1. The highest BCUT2D eigenvalue weighted by molar-refractivity contribution is 5.85. The Kier molecular flexibility index (Phi) is 6.31. The molecule has 1 aromatic carbocycles. The summed E-state index contributed by atoms with van der Waals surface area (Å²) in [5.74, 6) is 0.682. The average molecular weight is 409 g/mol. The number of aliphatic carboxylic acids is 1. The van der Waals surface area contributed by atoms with Gasteiger partial charge in [0, 0.05) is 23.4 Å². The van der Waals surface area contributed by atoms with E-state index in [2.05, 4.69) is 58.9 Å². The van der Waals surface area contributed by atoms with E-state index in [4.69, 9.17) is 9.52 Å². The minimum atomic E-state index is -0.898. The zero-order valence-corrected chi connectivity index (χ0v) is 19.3. The van der Waals surface area contributed by atoms with Crippen molar-refractivity contribution in [3.05, 3.63) is 58.9 Å². The van der Waals surface area contributed by atoms with Gasteiger partial charge in [0.2, 0.25) is 0 Å². The number of unbranched alkanes of at least 4 members (excludes halogenated alkanes) is 2. The number of allylic oxidation sites excluding steroid dienone is 3. The number of carboxylic acids is 1. The van der Waals surface area contributed by atoms with Gasteiger partial charge in [-0.2, -0.15) is 0 Å². The smallest absolute Gasteiger partial charge is 0.328 e. The molecular weight excluding hydrogens is 372 g/mol. The van der Waals surface area contributed by atoms with Crippen LogP contribution in [-0.2, 0) is 22.0 Å². The Hall–Kier alpha value is -2.29. The number of rotatable bonds is 8. The standard InChI is InChI=1S/C27H36O3/c1-7-8-9-10-23-25(26(3,4)5)21-16-19(13-14-22(21)30-23)27(6)17-20(27)12-11-18(2)15-24(28)29/h11-16,20H,7-10,17H2,1-6H3,(H,28,29)/b12-11+,18-15+/t20-,27-/m1/s1. The molecule has 0 amide bonds. The van der Waals surface area contributed by atoms with E-state index in [1.807, 2.05) is 13.0 Å². The second-order valence-corrected chi connectivity index (χ2v) is 10.1. The Morgan fingerprint density at radius 3 is 2.67 bits per heavy atom. The molecule has 1 N–H and O–H groups in total. The number of hydrogen-bond acceptors (Lipinski definition) is 2. The van der Waals surface area contributed by atoms with Crippen molar-refractivity contribution in [3.63, 3.8) is 0 Å². The Morgan fingerprint density at radius 1 is 1.30 bits per heavy atom. The zero-order chi connectivity index (χ0) is 22.1. The van der Waals surface area contributed by atoms with E-state index < -0.39 is 5.97 Å². The number of aryl methyl sites for hydroxylation is 1. The highest BCUT2D eigenvalue weighted by Gasteiger charge is 2.49. The van der Waals surface area contributed by atoms with E-state index in [-0.39, 0.29) is 10.8 Å². The van der Waals surface area contributed by atoms with Gasteiger partial charge in [0.1, 0.15) is 11.3 Å². The van der Waals surface area contributed by atoms with Crippen LogP contribution < -0.4 is 0 Å². The van der Waals surface area contributed by atoms with E-state index in [0.717, 1.165) is 29.8 Å². The summed E-state index contributed by atoms with van der Waals surface area (Å²) in [6.45, 7) is 13.2. The van der Waals surface area contributed by atoms with Crippen molar-refractivity contribution in [1.82, 2.24) is 0 Å². The highest BCUT2D eigenvalue weighted by atomic mass is 16.4. The van der Waals surface area contributed by atoms with Crippen LogP contribution in [-0.4, -0.2) is 11.1 Å². The predicted molar refractivity (Wildman–Crippen MR) is 124 cm³/mol. The molecule has 0 aliphatic heterocycles. The van der Waals surface area contributed by atoms with Crippen molar-refractivity contribution in [2.45, 2.75) is 84.5 Å². The maximum Gasteiger partial charge on any atom is 0.328 e. The molecule has 1 heterocycles. The number of hydrogen-bond donors (Lipinski definition) is 1. The number of furan rings is 1. The van der Waals surface area contributed by atoms with Crippen LogP contribution in [0.5, 0.6) is 0 Å². The van der Waals surface area contributed by atoms with Crippen LogP contribution in [0.15, 0.2) is 46.4 Å². The summed E-state index contributed by atoms with van der Waals surface area (Å²) < 4.78 is 6.33. The maximum absolute atomic E-state index is 10.8. The molecule has 0 radical (unpaired) electrons. The van der Waals surface area contributed by atoms with E-state index in [1.54, 1.807) is 0 Å². The van der Waals surface area contributed by atoms with E-state index in [9.17, 15) is 4.79 Å². The third kappa shape index (κ3) is 4.71. The molecule has 3 rings (SSSR count). The fraction of sp³-hybridized carbons (Fsp3) is 0.519. The van der Waals surface area contributed by atoms with Crippen molar-refractivity contribution in [2.75, 3.05) is 0 Å². The number of benzene rings is 1. The summed E-state index contributed by atoms with van der Waals surface area (Å²) in [6.07, 6.45) is 11.0. The fourth-order valence-corrected chi connectivity index (χ4v) is 4.56. The molecule has 1 aliphatic rings. The van der Waals surface area contributed by atoms with Gasteiger partial charge in [-0.05, 0) is 59.8 Å². The molecule has 1 saturated carbocycles. The average Bonchev–Trinajstić information content (AvgIpc) is 3.15. The Labute approximate surface area is 180 Å². The molecule has 1 aliphatic carbocycles. The summed E-state index contributed by atoms with van der Waals surface area (Å²) in [4.78, 5) is 10.8. The number of carbonyl (C=O) groups is 1. The Balaban J connectivity index is 1.91. The van der Waals surface area contributed by atoms with Gasteiger partial charge in [0.15, 0.2) is 0 Å². The van der Waals surface area contributed by atoms with E-state index >= 15 is 0 Å². The molecule has 3 heteroatoms. The molecule has 162 valence electrons. The lowest BCUT2D eigenvalue weighted by molar-refractivity contribution is -0.131. The van der Waals surface area contributed by atoms with Gasteiger partial charge in [-0.25, -0.2) is 4.79 Å². The lowest BCUT2D eigenvalue weighted by atomic mass is 9.83. The third-order valence-corrected chi connectivity index (χ3v) is 6.42. The molecule has 2 aromatic rings. The summed E-state index contributed by atoms with van der Waals surface area (Å²) in [6, 6.07) is 6.70. The summed E-state index contributed by atoms with van der Waals surface area (Å²) in [5.41, 5.74) is 4.60. The van der Waals surface area contributed by atoms with Gasteiger partial charge in [0.25, 0.3) is 0 Å². The molecule has 1 aromatic heterocycles. The van der Waals surface area contributed by atoms with Crippen molar-refractivity contribution in [3.8, 4) is 0 Å². The highest BCUT2D eigenvalue weighted by Crippen LogP contribution is 2.55. The van der Waals surface area contributed by atoms with Crippen LogP contribution >= 0.6 is 0 Å². The Bertz CT molecular complexity index is 983. The second-order valence-electron chi connectivity index (χ2n) is 10.1. The molecule has 30 heavy (non-hydrogen) atoms. The van der Waals surface area contributed by atoms with Gasteiger partial charge < -0.3 is 9.52 Å². The SMILES string of the molecule is CCCCCc1oc2ccc([C@@]3(C)C[C@H]3/C=C/C(C)=C/C(=O)O)cc2c1C(C)(C)C. The van der Waals surface area contributed by atoms with Gasteiger partial charge in [0.05, 0.1) is 0 Å². The molecule has 0 saturated heterocycles. The first-order valence-corrected chi connectivity index (χ1v) is 11.2. The lowest BCUT2D eigenvalue weighted by Crippen LogP contribution is -2.13. The van der Waals surface area contributed by atoms with Crippen LogP contribution in [0, 0.1) is 5.92 Å². The zero-order valence-electron chi connectivity index (χ0n) is 19.3. The molecular formula is C27H36O3. The third-order valence-electron chi connectivity index (χ3n) is 6.42. The first kappa shape index (κ1) is 22.4. The minimum Gasteiger partial charge on any atom is -0.478 e. The molecule has 0 unspecified atom stereocenters. The molecule has 1 fully saturated rings. The van der Waals surface area contributed by atoms with Crippen molar-refractivity contribution in [1.29, 1.82) is 0 Å². The van der Waals surface area contributed by atoms with E-state index in [1.165, 1.54) is 41.9 Å². The monoisotopic (exact) mass is 408 g/mol. The topological polar surface area (TPSA) is 50.4 Å². The van der Waals surface area contributed by atoms with Crippen LogP contribution in [0.2, 0.25) is 0 Å².